The van der Waals surface area contributed by atoms with Crippen LogP contribution in [0.4, 0.5) is 0 Å². The first-order chi connectivity index (χ1) is 8.72. The second-order valence-corrected chi connectivity index (χ2v) is 4.49. The highest BCUT2D eigenvalue weighted by molar-refractivity contribution is 7.99. The van der Waals surface area contributed by atoms with Crippen LogP contribution in [-0.2, 0) is 0 Å². The van der Waals surface area contributed by atoms with Gasteiger partial charge in [0.1, 0.15) is 5.94 Å². The van der Waals surface area contributed by atoms with Crippen molar-refractivity contribution in [2.75, 3.05) is 33.0 Å². The van der Waals surface area contributed by atoms with Crippen molar-refractivity contribution in [3.05, 3.63) is 11.6 Å². The number of benzene rings is 1. The van der Waals surface area contributed by atoms with Crippen LogP contribution in [0.2, 0.25) is 0 Å². The fraction of sp³-hybridized carbons (Fsp3) is 0.417. The van der Waals surface area contributed by atoms with Crippen LogP contribution in [0, 0.1) is 0 Å². The Morgan fingerprint density at radius 1 is 1.17 bits per heavy atom. The molecular formula is C12H14O5S. The smallest absolute Gasteiger partial charge is 0.208 e. The van der Waals surface area contributed by atoms with Gasteiger partial charge in [-0.25, -0.2) is 0 Å². The van der Waals surface area contributed by atoms with E-state index in [1.807, 2.05) is 0 Å². The van der Waals surface area contributed by atoms with E-state index in [1.54, 1.807) is 6.07 Å². The van der Waals surface area contributed by atoms with Gasteiger partial charge in [0.25, 0.3) is 0 Å². The normalized spacial score (nSPS) is 14.3. The van der Waals surface area contributed by atoms with E-state index in [-0.39, 0.29) is 5.78 Å². The number of carbonyl (C=O) groups is 1. The van der Waals surface area contributed by atoms with E-state index in [0.717, 1.165) is 0 Å². The molecule has 0 spiro atoms. The van der Waals surface area contributed by atoms with Gasteiger partial charge in [-0.05, 0) is 6.07 Å². The van der Waals surface area contributed by atoms with Crippen molar-refractivity contribution in [2.45, 2.75) is 0 Å². The Balaban J connectivity index is 2.67. The molecule has 0 bridgehead atoms. The van der Waals surface area contributed by atoms with Gasteiger partial charge < -0.3 is 18.9 Å². The molecule has 6 heteroatoms. The Morgan fingerprint density at radius 3 is 2.50 bits per heavy atom. The molecule has 1 aromatic carbocycles. The number of ether oxygens (including phenoxy) is 4. The van der Waals surface area contributed by atoms with E-state index in [2.05, 4.69) is 0 Å². The van der Waals surface area contributed by atoms with E-state index in [9.17, 15) is 4.79 Å². The molecule has 98 valence electrons. The fourth-order valence-corrected chi connectivity index (χ4v) is 2.42. The maximum Gasteiger partial charge on any atom is 0.208 e. The number of hydrogen-bond donors (Lipinski definition) is 0. The van der Waals surface area contributed by atoms with E-state index >= 15 is 0 Å². The molecule has 5 nitrogen and oxygen atoms in total. The minimum atomic E-state index is -0.00764. The molecule has 2 rings (SSSR count). The SMILES string of the molecule is COc1cc2c(c(OC)c1OC)OCSCC2=O. The molecule has 0 atom stereocenters. The highest BCUT2D eigenvalue weighted by Crippen LogP contribution is 2.47. The van der Waals surface area contributed by atoms with Crippen LogP contribution in [0.25, 0.3) is 0 Å². The molecule has 1 heterocycles. The van der Waals surface area contributed by atoms with Gasteiger partial charge in [-0.1, -0.05) is 0 Å². The summed E-state index contributed by atoms with van der Waals surface area (Å²) in [4.78, 5) is 12.0. The number of fused-ring (bicyclic) bond motifs is 1. The quantitative estimate of drug-likeness (QED) is 0.837. The van der Waals surface area contributed by atoms with Gasteiger partial charge >= 0.3 is 0 Å². The Hall–Kier alpha value is -1.56. The number of carbonyl (C=O) groups excluding carboxylic acids is 1. The lowest BCUT2D eigenvalue weighted by molar-refractivity contribution is 0.102. The van der Waals surface area contributed by atoms with Crippen molar-refractivity contribution < 1.29 is 23.7 Å². The highest BCUT2D eigenvalue weighted by Gasteiger charge is 2.27. The number of thioether (sulfide) groups is 1. The number of ketones is 1. The van der Waals surface area contributed by atoms with Crippen molar-refractivity contribution in [3.63, 3.8) is 0 Å². The summed E-state index contributed by atoms with van der Waals surface area (Å²) in [5.74, 6) is 2.48. The predicted octanol–water partition coefficient (Wildman–Crippen LogP) is 1.98. The lowest BCUT2D eigenvalue weighted by Gasteiger charge is -2.17. The lowest BCUT2D eigenvalue weighted by Crippen LogP contribution is -2.05. The zero-order chi connectivity index (χ0) is 13.1. The van der Waals surface area contributed by atoms with Crippen molar-refractivity contribution in [3.8, 4) is 23.0 Å². The predicted molar refractivity (Wildman–Crippen MR) is 68.4 cm³/mol. The third kappa shape index (κ3) is 2.08. The van der Waals surface area contributed by atoms with Crippen molar-refractivity contribution in [1.82, 2.24) is 0 Å². The second-order valence-electron chi connectivity index (χ2n) is 3.56. The Bertz CT molecular complexity index is 472. The average molecular weight is 270 g/mol. The Labute approximate surface area is 109 Å². The lowest BCUT2D eigenvalue weighted by atomic mass is 10.1. The number of hydrogen-bond acceptors (Lipinski definition) is 6. The van der Waals surface area contributed by atoms with Crippen LogP contribution in [0.1, 0.15) is 10.4 Å². The number of rotatable bonds is 3. The van der Waals surface area contributed by atoms with Crippen LogP contribution in [0.15, 0.2) is 6.07 Å². The van der Waals surface area contributed by atoms with Crippen molar-refractivity contribution in [2.24, 2.45) is 0 Å². The summed E-state index contributed by atoms with van der Waals surface area (Å²) in [6, 6.07) is 1.63. The zero-order valence-electron chi connectivity index (χ0n) is 10.4. The van der Waals surface area contributed by atoms with Gasteiger partial charge in [-0.2, -0.15) is 0 Å². The topological polar surface area (TPSA) is 54.0 Å². The molecule has 1 aliphatic rings. The first kappa shape index (κ1) is 12.9. The van der Waals surface area contributed by atoms with E-state index in [1.165, 1.54) is 33.1 Å². The first-order valence-electron chi connectivity index (χ1n) is 5.29. The van der Waals surface area contributed by atoms with E-state index in [4.69, 9.17) is 18.9 Å². The van der Waals surface area contributed by atoms with Gasteiger partial charge in [-0.3, -0.25) is 4.79 Å². The van der Waals surface area contributed by atoms with Crippen LogP contribution in [0.3, 0.4) is 0 Å². The van der Waals surface area contributed by atoms with E-state index < -0.39 is 0 Å². The molecule has 0 saturated carbocycles. The monoisotopic (exact) mass is 270 g/mol. The summed E-state index contributed by atoms with van der Waals surface area (Å²) >= 11 is 1.42. The van der Waals surface area contributed by atoms with Crippen LogP contribution >= 0.6 is 11.8 Å². The van der Waals surface area contributed by atoms with Crippen LogP contribution in [0.5, 0.6) is 23.0 Å². The van der Waals surface area contributed by atoms with Gasteiger partial charge in [0, 0.05) is 0 Å². The molecular weight excluding hydrogens is 256 g/mol. The minimum Gasteiger partial charge on any atom is -0.493 e. The van der Waals surface area contributed by atoms with Crippen LogP contribution < -0.4 is 18.9 Å². The molecule has 0 amide bonds. The first-order valence-corrected chi connectivity index (χ1v) is 6.45. The average Bonchev–Trinajstić information content (AvgIpc) is 2.58. The minimum absolute atomic E-state index is 0.00764. The standard InChI is InChI=1S/C12H14O5S/c1-14-9-4-7-8(13)5-18-6-17-10(7)12(16-3)11(9)15-2/h4H,5-6H2,1-3H3. The largest absolute Gasteiger partial charge is 0.493 e. The molecule has 18 heavy (non-hydrogen) atoms. The second kappa shape index (κ2) is 5.39. The van der Waals surface area contributed by atoms with Crippen molar-refractivity contribution >= 4 is 17.5 Å². The van der Waals surface area contributed by atoms with Crippen molar-refractivity contribution in [1.29, 1.82) is 0 Å². The molecule has 0 aromatic heterocycles. The summed E-state index contributed by atoms with van der Waals surface area (Å²) in [6.07, 6.45) is 0. The maximum absolute atomic E-state index is 12.0. The number of Topliss-reactive ketones (excluding diaryl/α,β-unsaturated/α-hetero) is 1. The Morgan fingerprint density at radius 2 is 1.89 bits per heavy atom. The zero-order valence-corrected chi connectivity index (χ0v) is 11.3. The van der Waals surface area contributed by atoms with Gasteiger partial charge in [0.15, 0.2) is 17.3 Å². The molecule has 1 aliphatic heterocycles. The molecule has 0 unspecified atom stereocenters. The summed E-state index contributed by atoms with van der Waals surface area (Å²) in [5, 5.41) is 0. The fourth-order valence-electron chi connectivity index (χ4n) is 1.79. The maximum atomic E-state index is 12.0. The highest BCUT2D eigenvalue weighted by atomic mass is 32.2. The molecule has 0 fully saturated rings. The molecule has 0 radical (unpaired) electrons. The molecule has 0 N–H and O–H groups in total. The van der Waals surface area contributed by atoms with Gasteiger partial charge in [0.2, 0.25) is 11.5 Å². The summed E-state index contributed by atoms with van der Waals surface area (Å²) in [5.41, 5.74) is 0.467. The summed E-state index contributed by atoms with van der Waals surface area (Å²) in [7, 11) is 4.53. The molecule has 0 aliphatic carbocycles. The molecule has 1 aromatic rings. The number of methoxy groups -OCH3 is 3. The van der Waals surface area contributed by atoms with E-state index in [0.29, 0.717) is 40.3 Å². The van der Waals surface area contributed by atoms with Gasteiger partial charge in [-0.15, -0.1) is 11.8 Å². The summed E-state index contributed by atoms with van der Waals surface area (Å²) in [6.45, 7) is 0. The van der Waals surface area contributed by atoms with Crippen LogP contribution in [-0.4, -0.2) is 38.8 Å². The third-order valence-electron chi connectivity index (χ3n) is 2.60. The Kier molecular flexibility index (Phi) is 3.86. The summed E-state index contributed by atoms with van der Waals surface area (Å²) < 4.78 is 21.3. The molecule has 0 saturated heterocycles. The third-order valence-corrected chi connectivity index (χ3v) is 3.36. The van der Waals surface area contributed by atoms with Gasteiger partial charge in [0.05, 0.1) is 32.6 Å².